The molecular formula is C19H17FN6OS. The number of aryl methyl sites for hydroxylation is 1. The Kier molecular flexibility index (Phi) is 4.23. The molecule has 0 unspecified atom stereocenters. The fourth-order valence-electron chi connectivity index (χ4n) is 3.20. The number of halogens is 1. The summed E-state index contributed by atoms with van der Waals surface area (Å²) in [4.78, 5) is 12.4. The summed E-state index contributed by atoms with van der Waals surface area (Å²) in [5, 5.41) is 13.6. The predicted molar refractivity (Wildman–Crippen MR) is 104 cm³/mol. The number of hydrogen-bond acceptors (Lipinski definition) is 5. The van der Waals surface area contributed by atoms with Crippen LogP contribution in [0.5, 0.6) is 0 Å². The van der Waals surface area contributed by atoms with Crippen molar-refractivity contribution in [2.45, 2.75) is 30.6 Å². The van der Waals surface area contributed by atoms with Gasteiger partial charge < -0.3 is 0 Å². The average Bonchev–Trinajstić information content (AvgIpc) is 3.39. The minimum absolute atomic E-state index is 0.160. The number of pyridine rings is 1. The first-order valence-electron chi connectivity index (χ1n) is 9.09. The highest BCUT2D eigenvalue weighted by atomic mass is 32.2. The first-order chi connectivity index (χ1) is 13.7. The predicted octanol–water partition coefficient (Wildman–Crippen LogP) is 3.02. The number of nitrogens with zero attached hydrogens (tertiary/aromatic N) is 6. The Morgan fingerprint density at radius 2 is 1.93 bits per heavy atom. The van der Waals surface area contributed by atoms with Crippen LogP contribution < -0.4 is 5.69 Å². The minimum atomic E-state index is -0.301. The van der Waals surface area contributed by atoms with E-state index in [1.165, 1.54) is 26.9 Å². The Morgan fingerprint density at radius 3 is 2.71 bits per heavy atom. The molecule has 0 aliphatic heterocycles. The molecule has 0 atom stereocenters. The number of rotatable bonds is 6. The normalized spacial score (nSPS) is 14.0. The lowest BCUT2D eigenvalue weighted by Crippen LogP contribution is -2.22. The molecule has 3 heterocycles. The molecule has 0 radical (unpaired) electrons. The summed E-state index contributed by atoms with van der Waals surface area (Å²) in [6.07, 6.45) is 3.79. The molecule has 1 aliphatic rings. The zero-order valence-electron chi connectivity index (χ0n) is 14.9. The van der Waals surface area contributed by atoms with Gasteiger partial charge in [-0.25, -0.2) is 13.9 Å². The van der Waals surface area contributed by atoms with Crippen LogP contribution in [0, 0.1) is 5.82 Å². The van der Waals surface area contributed by atoms with E-state index >= 15 is 0 Å². The molecule has 1 saturated carbocycles. The van der Waals surface area contributed by atoms with E-state index in [4.69, 9.17) is 0 Å². The molecule has 1 aliphatic carbocycles. The SMILES string of the molecule is O=c1n(CCSc2nnc(-c3ccccc3F)n2C2CC2)nc2ccccn12. The number of benzene rings is 1. The van der Waals surface area contributed by atoms with Crippen molar-refractivity contribution in [3.8, 4) is 11.4 Å². The molecule has 0 N–H and O–H groups in total. The van der Waals surface area contributed by atoms with Crippen LogP contribution in [0.25, 0.3) is 17.0 Å². The Balaban J connectivity index is 1.38. The van der Waals surface area contributed by atoms with Crippen molar-refractivity contribution in [2.24, 2.45) is 0 Å². The molecule has 0 bridgehead atoms. The van der Waals surface area contributed by atoms with E-state index in [1.54, 1.807) is 36.5 Å². The van der Waals surface area contributed by atoms with Crippen LogP contribution in [0.3, 0.4) is 0 Å². The highest BCUT2D eigenvalue weighted by Gasteiger charge is 2.30. The van der Waals surface area contributed by atoms with Gasteiger partial charge in [-0.2, -0.15) is 0 Å². The second-order valence-corrected chi connectivity index (χ2v) is 7.73. The number of fused-ring (bicyclic) bond motifs is 1. The Bertz CT molecular complexity index is 1210. The maximum atomic E-state index is 14.2. The van der Waals surface area contributed by atoms with Crippen molar-refractivity contribution in [3.63, 3.8) is 0 Å². The second kappa shape index (κ2) is 6.90. The van der Waals surface area contributed by atoms with Crippen LogP contribution in [0.15, 0.2) is 58.6 Å². The average molecular weight is 396 g/mol. The van der Waals surface area contributed by atoms with Crippen molar-refractivity contribution < 1.29 is 4.39 Å². The molecule has 1 fully saturated rings. The summed E-state index contributed by atoms with van der Waals surface area (Å²) >= 11 is 1.51. The Hall–Kier alpha value is -2.94. The molecule has 7 nitrogen and oxygen atoms in total. The van der Waals surface area contributed by atoms with Crippen LogP contribution >= 0.6 is 11.8 Å². The van der Waals surface area contributed by atoms with Crippen LogP contribution in [0.2, 0.25) is 0 Å². The van der Waals surface area contributed by atoms with E-state index < -0.39 is 0 Å². The molecule has 5 rings (SSSR count). The van der Waals surface area contributed by atoms with Crippen molar-refractivity contribution in [2.75, 3.05) is 5.75 Å². The van der Waals surface area contributed by atoms with E-state index in [1.807, 2.05) is 10.6 Å². The van der Waals surface area contributed by atoms with Crippen molar-refractivity contribution in [1.82, 2.24) is 28.9 Å². The van der Waals surface area contributed by atoms with Gasteiger partial charge in [0.25, 0.3) is 0 Å². The van der Waals surface area contributed by atoms with Gasteiger partial charge in [-0.05, 0) is 37.1 Å². The molecule has 1 aromatic carbocycles. The third-order valence-corrected chi connectivity index (χ3v) is 5.64. The third-order valence-electron chi connectivity index (χ3n) is 4.71. The molecule has 9 heteroatoms. The maximum absolute atomic E-state index is 14.2. The lowest BCUT2D eigenvalue weighted by Gasteiger charge is -2.09. The summed E-state index contributed by atoms with van der Waals surface area (Å²) in [7, 11) is 0. The number of hydrogen-bond donors (Lipinski definition) is 0. The molecule has 4 aromatic rings. The quantitative estimate of drug-likeness (QED) is 0.469. The van der Waals surface area contributed by atoms with Crippen molar-refractivity contribution in [1.29, 1.82) is 0 Å². The molecule has 142 valence electrons. The summed E-state index contributed by atoms with van der Waals surface area (Å²) in [6.45, 7) is 0.456. The molecule has 0 spiro atoms. The lowest BCUT2D eigenvalue weighted by atomic mass is 10.2. The van der Waals surface area contributed by atoms with Crippen molar-refractivity contribution >= 4 is 17.4 Å². The van der Waals surface area contributed by atoms with Crippen LogP contribution in [0.4, 0.5) is 4.39 Å². The van der Waals surface area contributed by atoms with Crippen LogP contribution in [-0.4, -0.2) is 34.7 Å². The van der Waals surface area contributed by atoms with E-state index in [9.17, 15) is 9.18 Å². The first kappa shape index (κ1) is 17.2. The number of thioether (sulfide) groups is 1. The third kappa shape index (κ3) is 3.01. The van der Waals surface area contributed by atoms with E-state index in [2.05, 4.69) is 15.3 Å². The van der Waals surface area contributed by atoms with Crippen LogP contribution in [0.1, 0.15) is 18.9 Å². The Labute approximate surface area is 163 Å². The summed E-state index contributed by atoms with van der Waals surface area (Å²) in [5.74, 6) is 0.879. The van der Waals surface area contributed by atoms with E-state index in [0.29, 0.717) is 35.4 Å². The minimum Gasteiger partial charge on any atom is -0.299 e. The zero-order valence-corrected chi connectivity index (χ0v) is 15.7. The molecule has 0 saturated heterocycles. The standard InChI is InChI=1S/C19H17FN6OS/c20-15-6-2-1-5-14(15)17-21-22-18(26(17)13-8-9-13)28-12-11-25-19(27)24-10-4-3-7-16(24)23-25/h1-7,10,13H,8-9,11-12H2. The summed E-state index contributed by atoms with van der Waals surface area (Å²) < 4.78 is 19.2. The highest BCUT2D eigenvalue weighted by molar-refractivity contribution is 7.99. The lowest BCUT2D eigenvalue weighted by molar-refractivity contribution is 0.621. The van der Waals surface area contributed by atoms with Gasteiger partial charge in [0.2, 0.25) is 0 Å². The van der Waals surface area contributed by atoms with Gasteiger partial charge in [-0.3, -0.25) is 8.97 Å². The van der Waals surface area contributed by atoms with Gasteiger partial charge in [0, 0.05) is 18.0 Å². The first-order valence-corrected chi connectivity index (χ1v) is 10.1. The maximum Gasteiger partial charge on any atom is 0.350 e. The fraction of sp³-hybridized carbons (Fsp3) is 0.263. The second-order valence-electron chi connectivity index (χ2n) is 6.67. The molecule has 3 aromatic heterocycles. The monoisotopic (exact) mass is 396 g/mol. The zero-order chi connectivity index (χ0) is 19.1. The molecule has 28 heavy (non-hydrogen) atoms. The van der Waals surface area contributed by atoms with Gasteiger partial charge in [-0.15, -0.1) is 15.3 Å². The smallest absolute Gasteiger partial charge is 0.299 e. The van der Waals surface area contributed by atoms with Gasteiger partial charge in [0.05, 0.1) is 12.1 Å². The van der Waals surface area contributed by atoms with Gasteiger partial charge >= 0.3 is 5.69 Å². The topological polar surface area (TPSA) is 70.0 Å². The number of aromatic nitrogens is 6. The summed E-state index contributed by atoms with van der Waals surface area (Å²) in [6, 6.07) is 12.4. The van der Waals surface area contributed by atoms with Gasteiger partial charge in [0.1, 0.15) is 5.82 Å². The molecular weight excluding hydrogens is 379 g/mol. The largest absolute Gasteiger partial charge is 0.350 e. The van der Waals surface area contributed by atoms with Gasteiger partial charge in [0.15, 0.2) is 16.6 Å². The molecule has 0 amide bonds. The van der Waals surface area contributed by atoms with Crippen LogP contribution in [-0.2, 0) is 6.54 Å². The highest BCUT2D eigenvalue weighted by Crippen LogP contribution is 2.41. The fourth-order valence-corrected chi connectivity index (χ4v) is 4.12. The van der Waals surface area contributed by atoms with Crippen molar-refractivity contribution in [3.05, 3.63) is 65.0 Å². The van der Waals surface area contributed by atoms with Gasteiger partial charge in [-0.1, -0.05) is 30.0 Å². The van der Waals surface area contributed by atoms with E-state index in [-0.39, 0.29) is 11.5 Å². The summed E-state index contributed by atoms with van der Waals surface area (Å²) in [5.41, 5.74) is 0.928. The Morgan fingerprint density at radius 1 is 1.11 bits per heavy atom. The van der Waals surface area contributed by atoms with E-state index in [0.717, 1.165) is 18.0 Å².